The van der Waals surface area contributed by atoms with Gasteiger partial charge in [0.1, 0.15) is 11.5 Å². The zero-order chi connectivity index (χ0) is 14.0. The van der Waals surface area contributed by atoms with E-state index < -0.39 is 0 Å². The highest BCUT2D eigenvalue weighted by atomic mass is 35.5. The van der Waals surface area contributed by atoms with Crippen molar-refractivity contribution in [3.63, 3.8) is 0 Å². The molecule has 102 valence electrons. The van der Waals surface area contributed by atoms with E-state index in [4.69, 9.17) is 26.8 Å². The molecule has 0 atom stereocenters. The molecule has 1 aromatic heterocycles. The van der Waals surface area contributed by atoms with Crippen LogP contribution in [0.2, 0.25) is 5.02 Å². The van der Waals surface area contributed by atoms with Crippen molar-refractivity contribution in [2.45, 2.75) is 19.8 Å². The quantitative estimate of drug-likeness (QED) is 0.898. The number of nitrogens with one attached hydrogen (secondary N) is 1. The summed E-state index contributed by atoms with van der Waals surface area (Å²) in [5, 5.41) is 6.93. The molecule has 0 spiro atoms. The lowest BCUT2D eigenvalue weighted by atomic mass is 10.0. The monoisotopic (exact) mass is 281 g/mol. The largest absolute Gasteiger partial charge is 0.495 e. The van der Waals surface area contributed by atoms with E-state index in [-0.39, 0.29) is 5.92 Å². The summed E-state index contributed by atoms with van der Waals surface area (Å²) < 4.78 is 11.0. The van der Waals surface area contributed by atoms with Crippen LogP contribution in [0.25, 0.3) is 0 Å². The Labute approximate surface area is 116 Å². The van der Waals surface area contributed by atoms with Gasteiger partial charge in [0, 0.05) is 11.6 Å². The minimum Gasteiger partial charge on any atom is -0.495 e. The highest BCUT2D eigenvalue weighted by Gasteiger charge is 2.15. The van der Waals surface area contributed by atoms with Crippen LogP contribution in [0.15, 0.2) is 18.3 Å². The summed E-state index contributed by atoms with van der Waals surface area (Å²) in [6.07, 6.45) is 1.53. The highest BCUT2D eigenvalue weighted by molar-refractivity contribution is 6.32. The molecule has 0 saturated carbocycles. The van der Waals surface area contributed by atoms with E-state index in [0.717, 1.165) is 5.56 Å². The van der Waals surface area contributed by atoms with Gasteiger partial charge in [-0.2, -0.15) is 5.10 Å². The second-order valence-electron chi connectivity index (χ2n) is 4.43. The molecule has 5 nitrogen and oxygen atoms in total. The molecule has 0 radical (unpaired) electrons. The molecule has 0 aliphatic heterocycles. The fourth-order valence-corrected chi connectivity index (χ4v) is 1.96. The second-order valence-corrected chi connectivity index (χ2v) is 4.84. The molecule has 0 aliphatic carbocycles. The normalized spacial score (nSPS) is 10.8. The molecule has 6 heteroatoms. The van der Waals surface area contributed by atoms with Gasteiger partial charge in [0.05, 0.1) is 18.3 Å². The maximum atomic E-state index is 6.13. The Hall–Kier alpha value is -1.88. The number of anilines is 1. The first kappa shape index (κ1) is 13.5. The average molecular weight is 282 g/mol. The Bertz CT molecular complexity index is 581. The van der Waals surface area contributed by atoms with Crippen LogP contribution in [0.4, 0.5) is 5.82 Å². The van der Waals surface area contributed by atoms with Crippen LogP contribution >= 0.6 is 11.6 Å². The minimum absolute atomic E-state index is 0.259. The maximum absolute atomic E-state index is 6.13. The number of hydrogen-bond acceptors (Lipinski definition) is 4. The van der Waals surface area contributed by atoms with Crippen molar-refractivity contribution in [2.75, 3.05) is 12.8 Å². The van der Waals surface area contributed by atoms with Crippen LogP contribution in [0.1, 0.15) is 25.3 Å². The maximum Gasteiger partial charge on any atom is 0.188 e. The van der Waals surface area contributed by atoms with Crippen LogP contribution in [0.3, 0.4) is 0 Å². The molecule has 0 amide bonds. The first-order valence-electron chi connectivity index (χ1n) is 5.87. The molecule has 19 heavy (non-hydrogen) atoms. The fourth-order valence-electron chi connectivity index (χ4n) is 1.73. The Morgan fingerprint density at radius 2 is 2.00 bits per heavy atom. The first-order valence-corrected chi connectivity index (χ1v) is 6.24. The molecular formula is C13H16ClN3O2. The average Bonchev–Trinajstić information content (AvgIpc) is 2.75. The summed E-state index contributed by atoms with van der Waals surface area (Å²) in [5.41, 5.74) is 6.70. The summed E-state index contributed by atoms with van der Waals surface area (Å²) in [6, 6.07) is 3.60. The molecule has 3 N–H and O–H groups in total. The number of aromatic amines is 1. The van der Waals surface area contributed by atoms with E-state index in [9.17, 15) is 0 Å². The summed E-state index contributed by atoms with van der Waals surface area (Å²) in [6.45, 7) is 4.13. The zero-order valence-electron chi connectivity index (χ0n) is 11.0. The predicted molar refractivity (Wildman–Crippen MR) is 75.2 cm³/mol. The van der Waals surface area contributed by atoms with Crippen molar-refractivity contribution in [3.8, 4) is 17.2 Å². The van der Waals surface area contributed by atoms with E-state index in [1.165, 1.54) is 6.20 Å². The molecule has 1 aromatic carbocycles. The molecule has 0 aliphatic rings. The second kappa shape index (κ2) is 5.40. The van der Waals surface area contributed by atoms with Crippen molar-refractivity contribution in [3.05, 3.63) is 28.9 Å². The van der Waals surface area contributed by atoms with Gasteiger partial charge in [-0.25, -0.2) is 0 Å². The van der Waals surface area contributed by atoms with Crippen LogP contribution in [-0.2, 0) is 0 Å². The van der Waals surface area contributed by atoms with Gasteiger partial charge >= 0.3 is 0 Å². The smallest absolute Gasteiger partial charge is 0.188 e. The Morgan fingerprint density at radius 1 is 1.26 bits per heavy atom. The third-order valence-electron chi connectivity index (χ3n) is 2.76. The lowest BCUT2D eigenvalue weighted by Crippen LogP contribution is -1.97. The number of hydrogen-bond donors (Lipinski definition) is 2. The third kappa shape index (κ3) is 2.76. The van der Waals surface area contributed by atoms with Crippen molar-refractivity contribution in [1.82, 2.24) is 10.2 Å². The van der Waals surface area contributed by atoms with Gasteiger partial charge in [-0.05, 0) is 12.0 Å². The SMILES string of the molecule is COc1cc(C(C)C)c(Oc2cn[nH]c2N)cc1Cl. The fraction of sp³-hybridized carbons (Fsp3) is 0.308. The number of nitrogens with zero attached hydrogens (tertiary/aromatic N) is 1. The van der Waals surface area contributed by atoms with Crippen molar-refractivity contribution in [1.29, 1.82) is 0 Å². The Morgan fingerprint density at radius 3 is 2.53 bits per heavy atom. The number of nitrogen functional groups attached to an aromatic ring is 1. The zero-order valence-corrected chi connectivity index (χ0v) is 11.8. The Kier molecular flexibility index (Phi) is 3.85. The third-order valence-corrected chi connectivity index (χ3v) is 3.05. The van der Waals surface area contributed by atoms with E-state index in [0.29, 0.717) is 28.1 Å². The lowest BCUT2D eigenvalue weighted by Gasteiger charge is -2.15. The molecule has 2 aromatic rings. The predicted octanol–water partition coefficient (Wildman–Crippen LogP) is 3.57. The van der Waals surface area contributed by atoms with Crippen LogP contribution in [0.5, 0.6) is 17.2 Å². The molecule has 0 bridgehead atoms. The van der Waals surface area contributed by atoms with Crippen molar-refractivity contribution in [2.24, 2.45) is 0 Å². The number of halogens is 1. The number of H-pyrrole nitrogens is 1. The van der Waals surface area contributed by atoms with E-state index in [1.54, 1.807) is 13.2 Å². The minimum atomic E-state index is 0.259. The van der Waals surface area contributed by atoms with Gasteiger partial charge in [-0.3, -0.25) is 5.10 Å². The number of methoxy groups -OCH3 is 1. The number of aromatic nitrogens is 2. The molecule has 0 saturated heterocycles. The number of benzene rings is 1. The van der Waals surface area contributed by atoms with E-state index >= 15 is 0 Å². The number of rotatable bonds is 4. The highest BCUT2D eigenvalue weighted by Crippen LogP contribution is 2.39. The van der Waals surface area contributed by atoms with Gasteiger partial charge in [0.25, 0.3) is 0 Å². The Balaban J connectivity index is 2.44. The standard InChI is InChI=1S/C13H16ClN3O2/c1-7(2)8-4-11(18-3)9(14)5-10(8)19-12-6-16-17-13(12)15/h4-7H,1-3H3,(H3,15,16,17). The van der Waals surface area contributed by atoms with Gasteiger partial charge in [-0.1, -0.05) is 25.4 Å². The summed E-state index contributed by atoms with van der Waals surface area (Å²) >= 11 is 6.13. The van der Waals surface area contributed by atoms with Crippen molar-refractivity contribution < 1.29 is 9.47 Å². The van der Waals surface area contributed by atoms with Crippen LogP contribution in [0, 0.1) is 0 Å². The van der Waals surface area contributed by atoms with Gasteiger partial charge in [0.15, 0.2) is 11.6 Å². The molecular weight excluding hydrogens is 266 g/mol. The van der Waals surface area contributed by atoms with E-state index in [1.807, 2.05) is 6.07 Å². The lowest BCUT2D eigenvalue weighted by molar-refractivity contribution is 0.411. The van der Waals surface area contributed by atoms with E-state index in [2.05, 4.69) is 24.0 Å². The van der Waals surface area contributed by atoms with Gasteiger partial charge in [-0.15, -0.1) is 0 Å². The molecule has 1 heterocycles. The molecule has 2 rings (SSSR count). The van der Waals surface area contributed by atoms with Crippen LogP contribution in [-0.4, -0.2) is 17.3 Å². The summed E-state index contributed by atoms with van der Waals surface area (Å²) in [5.74, 6) is 2.38. The van der Waals surface area contributed by atoms with Crippen LogP contribution < -0.4 is 15.2 Å². The van der Waals surface area contributed by atoms with Crippen molar-refractivity contribution >= 4 is 17.4 Å². The first-order chi connectivity index (χ1) is 9.02. The number of nitrogens with two attached hydrogens (primary N) is 1. The van der Waals surface area contributed by atoms with Gasteiger partial charge in [0.2, 0.25) is 0 Å². The molecule has 0 fully saturated rings. The topological polar surface area (TPSA) is 73.2 Å². The molecule has 0 unspecified atom stereocenters. The van der Waals surface area contributed by atoms with Gasteiger partial charge < -0.3 is 15.2 Å². The number of ether oxygens (including phenoxy) is 2. The summed E-state index contributed by atoms with van der Waals surface area (Å²) in [7, 11) is 1.58. The summed E-state index contributed by atoms with van der Waals surface area (Å²) in [4.78, 5) is 0.